The van der Waals surface area contributed by atoms with Crippen molar-refractivity contribution in [1.82, 2.24) is 25.4 Å². The number of amides is 1. The Balaban J connectivity index is 1.42. The summed E-state index contributed by atoms with van der Waals surface area (Å²) in [5.74, 6) is 0.592. The third-order valence-corrected chi connectivity index (χ3v) is 8.31. The van der Waals surface area contributed by atoms with E-state index in [1.807, 2.05) is 42.3 Å². The smallest absolute Gasteiger partial charge is 0.261 e. The van der Waals surface area contributed by atoms with E-state index in [1.165, 1.54) is 16.0 Å². The van der Waals surface area contributed by atoms with Crippen molar-refractivity contribution >= 4 is 28.1 Å². The van der Waals surface area contributed by atoms with Gasteiger partial charge >= 0.3 is 0 Å². The quantitative estimate of drug-likeness (QED) is 0.389. The standard InChI is InChI=1S/C28H33N5OS/c1-5-25-21(27-22(17(2)3)15-31-33(27)4)13-26(35-25)28(34)32-24-16-29-11-10-20(24)19-12-18-8-6-7-9-23(18)30-14-19/h6-9,12-15,17,20,24,29H,5,10-11,16H2,1-4H3,(H,32,34)/t20-,24+/m1/s1. The SMILES string of the molecule is CCc1sc(C(=O)N[C@H]2CNCC[C@@H]2c2cnc3ccccc3c2)cc1-c1c(C(C)C)cnn1C. The predicted molar refractivity (Wildman–Crippen MR) is 143 cm³/mol. The zero-order chi connectivity index (χ0) is 24.5. The molecular weight excluding hydrogens is 454 g/mol. The highest BCUT2D eigenvalue weighted by molar-refractivity contribution is 7.14. The maximum absolute atomic E-state index is 13.5. The molecule has 5 rings (SSSR count). The summed E-state index contributed by atoms with van der Waals surface area (Å²) >= 11 is 1.60. The van der Waals surface area contributed by atoms with Crippen LogP contribution in [0.4, 0.5) is 0 Å². The Kier molecular flexibility index (Phi) is 6.71. The zero-order valence-electron chi connectivity index (χ0n) is 20.8. The van der Waals surface area contributed by atoms with E-state index < -0.39 is 0 Å². The first-order chi connectivity index (χ1) is 17.0. The fourth-order valence-electron chi connectivity index (χ4n) is 5.15. The number of para-hydroxylation sites is 1. The highest BCUT2D eigenvalue weighted by Crippen LogP contribution is 2.36. The predicted octanol–water partition coefficient (Wildman–Crippen LogP) is 5.26. The monoisotopic (exact) mass is 487 g/mol. The van der Waals surface area contributed by atoms with Gasteiger partial charge in [-0.1, -0.05) is 39.0 Å². The average molecular weight is 488 g/mol. The summed E-state index contributed by atoms with van der Waals surface area (Å²) in [7, 11) is 1.98. The molecule has 0 radical (unpaired) electrons. The van der Waals surface area contributed by atoms with Gasteiger partial charge in [-0.3, -0.25) is 14.5 Å². The molecule has 0 unspecified atom stereocenters. The molecule has 1 fully saturated rings. The number of hydrogen-bond donors (Lipinski definition) is 2. The number of nitrogens with one attached hydrogen (secondary N) is 2. The van der Waals surface area contributed by atoms with Crippen LogP contribution in [0.5, 0.6) is 0 Å². The molecule has 3 aromatic heterocycles. The number of thiophene rings is 1. The van der Waals surface area contributed by atoms with Crippen molar-refractivity contribution in [3.63, 3.8) is 0 Å². The van der Waals surface area contributed by atoms with Gasteiger partial charge in [0.15, 0.2) is 0 Å². The molecule has 182 valence electrons. The number of benzene rings is 1. The Hall–Kier alpha value is -3.03. The molecule has 1 aromatic carbocycles. The molecule has 1 aliphatic rings. The van der Waals surface area contributed by atoms with Gasteiger partial charge in [-0.25, -0.2) is 0 Å². The van der Waals surface area contributed by atoms with E-state index in [4.69, 9.17) is 0 Å². The van der Waals surface area contributed by atoms with E-state index in [0.717, 1.165) is 53.0 Å². The lowest BCUT2D eigenvalue weighted by atomic mass is 9.86. The second-order valence-corrected chi connectivity index (χ2v) is 10.8. The third kappa shape index (κ3) is 4.62. The number of piperidine rings is 1. The first-order valence-electron chi connectivity index (χ1n) is 12.5. The first-order valence-corrected chi connectivity index (χ1v) is 13.3. The van der Waals surface area contributed by atoms with E-state index in [2.05, 4.69) is 59.7 Å². The van der Waals surface area contributed by atoms with Gasteiger partial charge < -0.3 is 10.6 Å². The Bertz CT molecular complexity index is 1350. The van der Waals surface area contributed by atoms with Crippen LogP contribution in [0, 0.1) is 0 Å². The molecule has 4 aromatic rings. The summed E-state index contributed by atoms with van der Waals surface area (Å²) in [4.78, 5) is 20.1. The summed E-state index contributed by atoms with van der Waals surface area (Å²) in [6, 6.07) is 12.5. The average Bonchev–Trinajstić information content (AvgIpc) is 3.47. The number of nitrogens with zero attached hydrogens (tertiary/aromatic N) is 3. The number of aryl methyl sites for hydroxylation is 2. The van der Waals surface area contributed by atoms with Crippen LogP contribution in [0.2, 0.25) is 0 Å². The Morgan fingerprint density at radius 1 is 1.26 bits per heavy atom. The van der Waals surface area contributed by atoms with Crippen molar-refractivity contribution in [3.8, 4) is 11.3 Å². The normalized spacial score (nSPS) is 18.3. The van der Waals surface area contributed by atoms with Crippen LogP contribution in [-0.4, -0.2) is 39.8 Å². The number of pyridine rings is 1. The minimum Gasteiger partial charge on any atom is -0.347 e. The first kappa shape index (κ1) is 23.7. The van der Waals surface area contributed by atoms with Gasteiger partial charge in [0.25, 0.3) is 5.91 Å². The topological polar surface area (TPSA) is 71.8 Å². The maximum atomic E-state index is 13.5. The molecule has 1 amide bonds. The number of rotatable bonds is 6. The lowest BCUT2D eigenvalue weighted by Crippen LogP contribution is -2.49. The molecule has 0 spiro atoms. The molecular formula is C28H33N5OS. The van der Waals surface area contributed by atoms with Gasteiger partial charge in [-0.05, 0) is 49.1 Å². The van der Waals surface area contributed by atoms with Crippen molar-refractivity contribution < 1.29 is 4.79 Å². The molecule has 6 nitrogen and oxygen atoms in total. The van der Waals surface area contributed by atoms with Crippen molar-refractivity contribution in [1.29, 1.82) is 0 Å². The van der Waals surface area contributed by atoms with Gasteiger partial charge in [0.1, 0.15) is 0 Å². The van der Waals surface area contributed by atoms with E-state index in [0.29, 0.717) is 5.92 Å². The summed E-state index contributed by atoms with van der Waals surface area (Å²) in [5, 5.41) is 12.5. The van der Waals surface area contributed by atoms with Crippen LogP contribution < -0.4 is 10.6 Å². The Labute approximate surface area is 210 Å². The molecule has 35 heavy (non-hydrogen) atoms. The van der Waals surface area contributed by atoms with Crippen LogP contribution in [0.15, 0.2) is 48.8 Å². The van der Waals surface area contributed by atoms with E-state index in [-0.39, 0.29) is 17.9 Å². The number of aromatic nitrogens is 3. The number of carbonyl (C=O) groups excluding carboxylic acids is 1. The molecule has 7 heteroatoms. The summed E-state index contributed by atoms with van der Waals surface area (Å²) in [6.07, 6.45) is 5.78. The molecule has 1 aliphatic heterocycles. The molecule has 0 bridgehead atoms. The van der Waals surface area contributed by atoms with Crippen molar-refractivity contribution in [3.05, 3.63) is 69.7 Å². The highest BCUT2D eigenvalue weighted by Gasteiger charge is 2.29. The minimum atomic E-state index is -0.00309. The largest absolute Gasteiger partial charge is 0.347 e. The maximum Gasteiger partial charge on any atom is 0.261 e. The lowest BCUT2D eigenvalue weighted by molar-refractivity contribution is 0.0928. The molecule has 2 atom stereocenters. The molecule has 1 saturated heterocycles. The lowest BCUT2D eigenvalue weighted by Gasteiger charge is -2.33. The van der Waals surface area contributed by atoms with Crippen LogP contribution in [0.25, 0.3) is 22.2 Å². The van der Waals surface area contributed by atoms with Crippen LogP contribution in [0.3, 0.4) is 0 Å². The van der Waals surface area contributed by atoms with Crippen molar-refractivity contribution in [2.75, 3.05) is 13.1 Å². The fourth-order valence-corrected chi connectivity index (χ4v) is 6.15. The van der Waals surface area contributed by atoms with Gasteiger partial charge in [0.2, 0.25) is 0 Å². The van der Waals surface area contributed by atoms with Crippen molar-refractivity contribution in [2.45, 2.75) is 51.5 Å². The second kappa shape index (κ2) is 9.91. The van der Waals surface area contributed by atoms with Crippen molar-refractivity contribution in [2.24, 2.45) is 7.05 Å². The second-order valence-electron chi connectivity index (χ2n) is 9.67. The molecule has 4 heterocycles. The zero-order valence-corrected chi connectivity index (χ0v) is 21.7. The number of hydrogen-bond acceptors (Lipinski definition) is 5. The molecule has 0 aliphatic carbocycles. The van der Waals surface area contributed by atoms with Crippen LogP contribution in [-0.2, 0) is 13.5 Å². The minimum absolute atomic E-state index is 0.00309. The third-order valence-electron chi connectivity index (χ3n) is 7.04. The van der Waals surface area contributed by atoms with Gasteiger partial charge in [0.05, 0.1) is 22.3 Å². The van der Waals surface area contributed by atoms with E-state index in [9.17, 15) is 4.79 Å². The van der Waals surface area contributed by atoms with Gasteiger partial charge in [0, 0.05) is 53.1 Å². The number of carbonyl (C=O) groups is 1. The summed E-state index contributed by atoms with van der Waals surface area (Å²) < 4.78 is 1.94. The van der Waals surface area contributed by atoms with E-state index in [1.54, 1.807) is 11.3 Å². The molecule has 0 saturated carbocycles. The van der Waals surface area contributed by atoms with Gasteiger partial charge in [-0.2, -0.15) is 5.10 Å². The summed E-state index contributed by atoms with van der Waals surface area (Å²) in [5.41, 5.74) is 5.65. The molecule has 2 N–H and O–H groups in total. The Morgan fingerprint density at radius 3 is 2.89 bits per heavy atom. The number of fused-ring (bicyclic) bond motifs is 1. The van der Waals surface area contributed by atoms with Gasteiger partial charge in [-0.15, -0.1) is 11.3 Å². The van der Waals surface area contributed by atoms with Crippen LogP contribution in [0.1, 0.15) is 64.7 Å². The van der Waals surface area contributed by atoms with Crippen LogP contribution >= 0.6 is 11.3 Å². The summed E-state index contributed by atoms with van der Waals surface area (Å²) in [6.45, 7) is 8.21. The van der Waals surface area contributed by atoms with E-state index >= 15 is 0 Å². The fraction of sp³-hybridized carbons (Fsp3) is 0.393. The Morgan fingerprint density at radius 2 is 2.09 bits per heavy atom. The highest BCUT2D eigenvalue weighted by atomic mass is 32.1.